The van der Waals surface area contributed by atoms with E-state index in [9.17, 15) is 4.39 Å². The number of hydrogen-bond donors (Lipinski definition) is 2. The minimum atomic E-state index is -0.836. The number of nitrogen functional groups attached to an aromatic ring is 1. The fourth-order valence-corrected chi connectivity index (χ4v) is 4.04. The zero-order valence-corrected chi connectivity index (χ0v) is 17.1. The van der Waals surface area contributed by atoms with Crippen molar-refractivity contribution in [2.24, 2.45) is 0 Å². The number of nitrogens with two attached hydrogens (primary N) is 1. The summed E-state index contributed by atoms with van der Waals surface area (Å²) in [4.78, 5) is 12.2. The predicted molar refractivity (Wildman–Crippen MR) is 109 cm³/mol. The lowest BCUT2D eigenvalue weighted by Crippen LogP contribution is -2.21. The van der Waals surface area contributed by atoms with Gasteiger partial charge < -0.3 is 20.4 Å². The summed E-state index contributed by atoms with van der Waals surface area (Å²) in [5, 5.41) is 3.28. The molecular weight excluding hydrogens is 462 g/mol. The van der Waals surface area contributed by atoms with E-state index in [2.05, 4.69) is 55.0 Å². The second-order valence-electron chi connectivity index (χ2n) is 6.41. The summed E-state index contributed by atoms with van der Waals surface area (Å²) >= 11 is 2.34. The highest BCUT2D eigenvalue weighted by Crippen LogP contribution is 2.31. The molecular formula is C18H20FIN6O. The van der Waals surface area contributed by atoms with Crippen LogP contribution in [0.4, 0.5) is 10.2 Å². The molecule has 0 saturated heterocycles. The number of ether oxygens (including phenoxy) is 1. The summed E-state index contributed by atoms with van der Waals surface area (Å²) in [6, 6.07) is 4.24. The topological polar surface area (TPSA) is 90.9 Å². The number of halogens is 2. The standard InChI is InChI=1S/C18H20FIN6O/c1-2-22-4-5-26-14(23-15-16(21)24-18(19)25-17(15)26)9-11-8-13-10(3-6-27-13)7-12(11)20/h7-8,22H,2-6,9H2,1H3,(H2,21,24,25). The summed E-state index contributed by atoms with van der Waals surface area (Å²) in [6.45, 7) is 4.97. The van der Waals surface area contributed by atoms with Crippen molar-refractivity contribution in [3.05, 3.63) is 38.7 Å². The average Bonchev–Trinajstić information content (AvgIpc) is 3.20. The van der Waals surface area contributed by atoms with Crippen LogP contribution in [0.2, 0.25) is 0 Å². The molecule has 1 aliphatic heterocycles. The molecule has 1 aliphatic rings. The van der Waals surface area contributed by atoms with Crippen molar-refractivity contribution in [3.63, 3.8) is 0 Å². The number of rotatable bonds is 6. The van der Waals surface area contributed by atoms with E-state index in [-0.39, 0.29) is 5.82 Å². The van der Waals surface area contributed by atoms with E-state index in [1.807, 2.05) is 11.5 Å². The Hall–Kier alpha value is -2.01. The Morgan fingerprint density at radius 1 is 1.33 bits per heavy atom. The first-order valence-electron chi connectivity index (χ1n) is 8.89. The first kappa shape index (κ1) is 18.4. The maximum atomic E-state index is 13.7. The van der Waals surface area contributed by atoms with E-state index in [1.54, 1.807) is 0 Å². The lowest BCUT2D eigenvalue weighted by Gasteiger charge is -2.11. The van der Waals surface area contributed by atoms with Crippen LogP contribution in [-0.4, -0.2) is 39.2 Å². The van der Waals surface area contributed by atoms with Gasteiger partial charge in [-0.3, -0.25) is 0 Å². The average molecular weight is 482 g/mol. The van der Waals surface area contributed by atoms with Gasteiger partial charge in [0.05, 0.1) is 6.61 Å². The van der Waals surface area contributed by atoms with E-state index in [0.29, 0.717) is 24.1 Å². The number of anilines is 1. The largest absolute Gasteiger partial charge is 0.493 e. The van der Waals surface area contributed by atoms with Crippen LogP contribution < -0.4 is 15.8 Å². The van der Waals surface area contributed by atoms with E-state index < -0.39 is 6.08 Å². The third-order valence-electron chi connectivity index (χ3n) is 4.64. The quantitative estimate of drug-likeness (QED) is 0.319. The smallest absolute Gasteiger partial charge is 0.312 e. The third kappa shape index (κ3) is 3.57. The van der Waals surface area contributed by atoms with Gasteiger partial charge in [-0.15, -0.1) is 0 Å². The van der Waals surface area contributed by atoms with E-state index in [4.69, 9.17) is 10.5 Å². The van der Waals surface area contributed by atoms with Crippen molar-refractivity contribution < 1.29 is 9.13 Å². The number of benzene rings is 1. The Morgan fingerprint density at radius 3 is 3.00 bits per heavy atom. The zero-order valence-electron chi connectivity index (χ0n) is 14.9. The molecule has 2 aromatic heterocycles. The summed E-state index contributed by atoms with van der Waals surface area (Å²) < 4.78 is 22.5. The van der Waals surface area contributed by atoms with Crippen molar-refractivity contribution in [2.75, 3.05) is 25.4 Å². The number of hydrogen-bond acceptors (Lipinski definition) is 6. The van der Waals surface area contributed by atoms with Gasteiger partial charge in [0.25, 0.3) is 0 Å². The highest BCUT2D eigenvalue weighted by Gasteiger charge is 2.20. The van der Waals surface area contributed by atoms with Crippen molar-refractivity contribution in [3.8, 4) is 5.75 Å². The van der Waals surface area contributed by atoms with Crippen molar-refractivity contribution in [1.29, 1.82) is 0 Å². The number of imidazole rings is 1. The second-order valence-corrected chi connectivity index (χ2v) is 7.57. The molecule has 9 heteroatoms. The molecule has 0 atom stereocenters. The molecule has 27 heavy (non-hydrogen) atoms. The predicted octanol–water partition coefficient (Wildman–Crippen LogP) is 2.29. The Bertz CT molecular complexity index is 1010. The third-order valence-corrected chi connectivity index (χ3v) is 5.65. The second kappa shape index (κ2) is 7.55. The van der Waals surface area contributed by atoms with E-state index >= 15 is 0 Å². The number of likely N-dealkylation sites (N-methyl/N-ethyl adjacent to an activating group) is 1. The summed E-state index contributed by atoms with van der Waals surface area (Å²) in [5.74, 6) is 1.78. The fourth-order valence-electron chi connectivity index (χ4n) is 3.32. The first-order valence-corrected chi connectivity index (χ1v) is 9.97. The van der Waals surface area contributed by atoms with Crippen molar-refractivity contribution in [1.82, 2.24) is 24.8 Å². The molecule has 1 aromatic carbocycles. The molecule has 0 bridgehead atoms. The molecule has 142 valence electrons. The molecule has 0 saturated carbocycles. The SMILES string of the molecule is CCNCCn1c(Cc2cc3c(cc2I)CCO3)nc2c(N)nc(F)nc21. The van der Waals surface area contributed by atoms with Crippen LogP contribution in [0, 0.1) is 9.65 Å². The normalized spacial score (nSPS) is 13.1. The molecule has 7 nitrogen and oxygen atoms in total. The Morgan fingerprint density at radius 2 is 2.19 bits per heavy atom. The van der Waals surface area contributed by atoms with Gasteiger partial charge in [-0.25, -0.2) is 4.98 Å². The lowest BCUT2D eigenvalue weighted by molar-refractivity contribution is 0.356. The molecule has 4 rings (SSSR count). The van der Waals surface area contributed by atoms with Gasteiger partial charge >= 0.3 is 6.08 Å². The zero-order chi connectivity index (χ0) is 19.0. The maximum Gasteiger partial charge on any atom is 0.312 e. The fraction of sp³-hybridized carbons (Fsp3) is 0.389. The van der Waals surface area contributed by atoms with Crippen LogP contribution in [0.1, 0.15) is 23.9 Å². The van der Waals surface area contributed by atoms with Gasteiger partial charge in [-0.1, -0.05) is 6.92 Å². The van der Waals surface area contributed by atoms with Crippen LogP contribution in [0.25, 0.3) is 11.2 Å². The molecule has 0 spiro atoms. The van der Waals surface area contributed by atoms with Gasteiger partial charge in [-0.2, -0.15) is 14.4 Å². The highest BCUT2D eigenvalue weighted by molar-refractivity contribution is 14.1. The molecule has 3 heterocycles. The minimum Gasteiger partial charge on any atom is -0.493 e. The van der Waals surface area contributed by atoms with Gasteiger partial charge in [-0.05, 0) is 52.4 Å². The Balaban J connectivity index is 1.76. The molecule has 0 fully saturated rings. The maximum absolute atomic E-state index is 13.7. The van der Waals surface area contributed by atoms with Crippen LogP contribution in [0.15, 0.2) is 12.1 Å². The van der Waals surface area contributed by atoms with Crippen molar-refractivity contribution >= 4 is 39.6 Å². The van der Waals surface area contributed by atoms with Gasteiger partial charge in [0, 0.05) is 29.5 Å². The van der Waals surface area contributed by atoms with Gasteiger partial charge in [0.1, 0.15) is 11.6 Å². The van der Waals surface area contributed by atoms with Crippen LogP contribution in [0.3, 0.4) is 0 Å². The van der Waals surface area contributed by atoms with Crippen molar-refractivity contribution in [2.45, 2.75) is 26.3 Å². The molecule has 0 aliphatic carbocycles. The molecule has 0 amide bonds. The van der Waals surface area contributed by atoms with Crippen LogP contribution in [0.5, 0.6) is 5.75 Å². The molecule has 0 radical (unpaired) electrons. The number of nitrogens with zero attached hydrogens (tertiary/aromatic N) is 4. The van der Waals surface area contributed by atoms with Gasteiger partial charge in [0.2, 0.25) is 0 Å². The van der Waals surface area contributed by atoms with Crippen LogP contribution >= 0.6 is 22.6 Å². The molecule has 0 unspecified atom stereocenters. The summed E-state index contributed by atoms with van der Waals surface area (Å²) in [5.41, 5.74) is 9.11. The number of nitrogens with one attached hydrogen (secondary N) is 1. The summed E-state index contributed by atoms with van der Waals surface area (Å²) in [6.07, 6.45) is 0.688. The van der Waals surface area contributed by atoms with E-state index in [1.165, 1.54) is 5.56 Å². The van der Waals surface area contributed by atoms with Gasteiger partial charge in [0.15, 0.2) is 17.0 Å². The Labute approximate surface area is 169 Å². The first-order chi connectivity index (χ1) is 13.1. The number of aromatic nitrogens is 4. The summed E-state index contributed by atoms with van der Waals surface area (Å²) in [7, 11) is 0. The number of fused-ring (bicyclic) bond motifs is 2. The van der Waals surface area contributed by atoms with E-state index in [0.717, 1.165) is 46.8 Å². The lowest BCUT2D eigenvalue weighted by atomic mass is 10.1. The van der Waals surface area contributed by atoms with Crippen LogP contribution in [-0.2, 0) is 19.4 Å². The molecule has 3 aromatic rings. The molecule has 3 N–H and O–H groups in total. The monoisotopic (exact) mass is 482 g/mol. The highest BCUT2D eigenvalue weighted by atomic mass is 127. The Kier molecular flexibility index (Phi) is 5.13. The minimum absolute atomic E-state index is 0.0629.